The molecule has 1 unspecified atom stereocenters. The molecule has 2 N–H and O–H groups in total. The molecule has 1 saturated heterocycles. The summed E-state index contributed by atoms with van der Waals surface area (Å²) in [4.78, 5) is 20.0. The molecule has 0 aliphatic carbocycles. The van der Waals surface area contributed by atoms with Crippen LogP contribution < -0.4 is 10.6 Å². The molecule has 214 valence electrons. The van der Waals surface area contributed by atoms with Crippen LogP contribution in [0, 0.1) is 5.82 Å². The predicted molar refractivity (Wildman–Crippen MR) is 162 cm³/mol. The van der Waals surface area contributed by atoms with Gasteiger partial charge in [0.15, 0.2) is 0 Å². The zero-order valence-electron chi connectivity index (χ0n) is 24.4. The average molecular weight is 546 g/mol. The van der Waals surface area contributed by atoms with Gasteiger partial charge in [-0.2, -0.15) is 0 Å². The summed E-state index contributed by atoms with van der Waals surface area (Å²) in [5.41, 5.74) is 5.19. The van der Waals surface area contributed by atoms with E-state index in [2.05, 4.69) is 71.5 Å². The summed E-state index contributed by atoms with van der Waals surface area (Å²) < 4.78 is 14.9. The smallest absolute Gasteiger partial charge is 0.251 e. The number of piperazine rings is 1. The Morgan fingerprint density at radius 2 is 1.77 bits per heavy atom. The summed E-state index contributed by atoms with van der Waals surface area (Å²) in [6.45, 7) is 12.3. The molecular weight excluding hydrogens is 501 g/mol. The lowest BCUT2D eigenvalue weighted by Gasteiger charge is -2.31. The first kappa shape index (κ1) is 29.9. The quantitative estimate of drug-likeness (QED) is 0.349. The molecule has 1 aliphatic heterocycles. The molecule has 4 rings (SSSR count). The number of hydrogen-bond acceptors (Lipinski definition) is 5. The van der Waals surface area contributed by atoms with Gasteiger partial charge in [0.1, 0.15) is 5.82 Å². The van der Waals surface area contributed by atoms with E-state index in [4.69, 9.17) is 0 Å². The van der Waals surface area contributed by atoms with Gasteiger partial charge in [-0.1, -0.05) is 43.3 Å². The Balaban J connectivity index is 1.37. The minimum absolute atomic E-state index is 0.131. The molecule has 0 saturated carbocycles. The van der Waals surface area contributed by atoms with Crippen LogP contribution in [0.5, 0.6) is 0 Å². The third kappa shape index (κ3) is 8.70. The van der Waals surface area contributed by atoms with Crippen molar-refractivity contribution in [3.8, 4) is 11.1 Å². The molecule has 1 atom stereocenters. The van der Waals surface area contributed by atoms with Crippen LogP contribution in [0.25, 0.3) is 11.1 Å². The number of nitrogens with one attached hydrogen (secondary N) is 2. The fourth-order valence-corrected chi connectivity index (χ4v) is 5.14. The monoisotopic (exact) mass is 545 g/mol. The van der Waals surface area contributed by atoms with Crippen LogP contribution in [-0.2, 0) is 19.6 Å². The summed E-state index contributed by atoms with van der Waals surface area (Å²) in [7, 11) is 4.22. The molecule has 3 aromatic rings. The highest BCUT2D eigenvalue weighted by Gasteiger charge is 2.16. The first-order chi connectivity index (χ1) is 19.3. The number of carbonyl (C=O) groups excluding carboxylic acids is 1. The van der Waals surface area contributed by atoms with Gasteiger partial charge < -0.3 is 20.4 Å². The van der Waals surface area contributed by atoms with Gasteiger partial charge in [0.05, 0.1) is 0 Å². The zero-order chi connectivity index (χ0) is 28.5. The van der Waals surface area contributed by atoms with Crippen LogP contribution in [0.4, 0.5) is 4.39 Å². The van der Waals surface area contributed by atoms with Gasteiger partial charge in [-0.25, -0.2) is 4.39 Å². The van der Waals surface area contributed by atoms with Crippen molar-refractivity contribution in [3.05, 3.63) is 94.8 Å². The lowest BCUT2D eigenvalue weighted by Crippen LogP contribution is -2.48. The van der Waals surface area contributed by atoms with Crippen LogP contribution in [0.15, 0.2) is 66.7 Å². The highest BCUT2D eigenvalue weighted by Crippen LogP contribution is 2.26. The van der Waals surface area contributed by atoms with E-state index in [9.17, 15) is 9.18 Å². The molecular formula is C33H44FN5O. The molecule has 1 heterocycles. The number of hydrogen-bond donors (Lipinski definition) is 2. The van der Waals surface area contributed by atoms with E-state index in [0.29, 0.717) is 23.7 Å². The van der Waals surface area contributed by atoms with Crippen molar-refractivity contribution >= 4 is 5.91 Å². The standard InChI is InChI=1S/C33H44FN5O/c1-5-37(3)16-17-38(4)23-27-8-7-11-30(19-27)33(40)36-21-26-12-13-32(34)31(20-26)29-10-6-9-28(18-29)24-39-15-14-35-25(2)22-39/h6-13,18-20,25,35H,5,14-17,21-24H2,1-4H3,(H,36,40). The largest absolute Gasteiger partial charge is 0.348 e. The molecule has 0 spiro atoms. The molecule has 1 amide bonds. The van der Waals surface area contributed by atoms with Crippen LogP contribution in [0.2, 0.25) is 0 Å². The number of halogens is 1. The van der Waals surface area contributed by atoms with Crippen molar-refractivity contribution in [2.45, 2.75) is 39.5 Å². The molecule has 0 bridgehead atoms. The Bertz CT molecular complexity index is 1270. The lowest BCUT2D eigenvalue weighted by atomic mass is 10.00. The molecule has 0 aromatic heterocycles. The van der Waals surface area contributed by atoms with Gasteiger partial charge >= 0.3 is 0 Å². The molecule has 40 heavy (non-hydrogen) atoms. The van der Waals surface area contributed by atoms with E-state index in [1.165, 1.54) is 11.6 Å². The van der Waals surface area contributed by atoms with E-state index < -0.39 is 0 Å². The maximum atomic E-state index is 14.9. The van der Waals surface area contributed by atoms with E-state index in [1.807, 2.05) is 36.4 Å². The number of benzene rings is 3. The molecule has 3 aromatic carbocycles. The molecule has 7 heteroatoms. The Morgan fingerprint density at radius 3 is 2.58 bits per heavy atom. The second-order valence-electron chi connectivity index (χ2n) is 11.1. The average Bonchev–Trinajstić information content (AvgIpc) is 2.95. The predicted octanol–water partition coefficient (Wildman–Crippen LogP) is 4.60. The zero-order valence-corrected chi connectivity index (χ0v) is 24.4. The SMILES string of the molecule is CCN(C)CCN(C)Cc1cccc(C(=O)NCc2ccc(F)c(-c3cccc(CN4CCNC(C)C4)c3)c2)c1. The first-order valence-electron chi connectivity index (χ1n) is 14.4. The highest BCUT2D eigenvalue weighted by molar-refractivity contribution is 5.94. The van der Waals surface area contributed by atoms with Crippen LogP contribution in [0.3, 0.4) is 0 Å². The van der Waals surface area contributed by atoms with Crippen molar-refractivity contribution in [2.75, 3.05) is 53.4 Å². The summed E-state index contributed by atoms with van der Waals surface area (Å²) >= 11 is 0. The van der Waals surface area contributed by atoms with Crippen molar-refractivity contribution in [1.82, 2.24) is 25.3 Å². The lowest BCUT2D eigenvalue weighted by molar-refractivity contribution is 0.0950. The fourth-order valence-electron chi connectivity index (χ4n) is 5.14. The second kappa shape index (κ2) is 14.5. The van der Waals surface area contributed by atoms with E-state index in [-0.39, 0.29) is 11.7 Å². The normalized spacial score (nSPS) is 16.0. The third-order valence-corrected chi connectivity index (χ3v) is 7.63. The summed E-state index contributed by atoms with van der Waals surface area (Å²) in [5.74, 6) is -0.390. The van der Waals surface area contributed by atoms with Crippen LogP contribution in [-0.4, -0.2) is 80.0 Å². The third-order valence-electron chi connectivity index (χ3n) is 7.63. The number of likely N-dealkylation sites (N-methyl/N-ethyl adjacent to an activating group) is 2. The van der Waals surface area contributed by atoms with E-state index in [1.54, 1.807) is 6.07 Å². The van der Waals surface area contributed by atoms with Crippen LogP contribution in [0.1, 0.15) is 40.9 Å². The minimum atomic E-state index is -0.259. The van der Waals surface area contributed by atoms with Gasteiger partial charge in [-0.3, -0.25) is 9.69 Å². The van der Waals surface area contributed by atoms with Crippen LogP contribution >= 0.6 is 0 Å². The van der Waals surface area contributed by atoms with Crippen molar-refractivity contribution in [3.63, 3.8) is 0 Å². The highest BCUT2D eigenvalue weighted by atomic mass is 19.1. The Kier molecular flexibility index (Phi) is 10.8. The minimum Gasteiger partial charge on any atom is -0.348 e. The number of nitrogens with zero attached hydrogens (tertiary/aromatic N) is 3. The number of amides is 1. The number of carbonyl (C=O) groups is 1. The summed E-state index contributed by atoms with van der Waals surface area (Å²) in [5, 5.41) is 6.49. The van der Waals surface area contributed by atoms with Gasteiger partial charge in [-0.05, 0) is 80.1 Å². The second-order valence-corrected chi connectivity index (χ2v) is 11.1. The fraction of sp³-hybridized carbons (Fsp3) is 0.424. The Labute approximate surface area is 239 Å². The molecule has 6 nitrogen and oxygen atoms in total. The molecule has 1 aliphatic rings. The molecule has 0 radical (unpaired) electrons. The van der Waals surface area contributed by atoms with Gasteiger partial charge in [0.2, 0.25) is 0 Å². The molecule has 1 fully saturated rings. The Morgan fingerprint density at radius 1 is 1.00 bits per heavy atom. The first-order valence-corrected chi connectivity index (χ1v) is 14.4. The summed E-state index contributed by atoms with van der Waals surface area (Å²) in [6.07, 6.45) is 0. The Hall–Kier alpha value is -3.10. The van der Waals surface area contributed by atoms with Gasteiger partial charge in [-0.15, -0.1) is 0 Å². The maximum absolute atomic E-state index is 14.9. The van der Waals surface area contributed by atoms with E-state index in [0.717, 1.165) is 69.0 Å². The number of rotatable bonds is 12. The van der Waals surface area contributed by atoms with Gasteiger partial charge in [0.25, 0.3) is 5.91 Å². The van der Waals surface area contributed by atoms with Crippen molar-refractivity contribution < 1.29 is 9.18 Å². The maximum Gasteiger partial charge on any atom is 0.251 e. The van der Waals surface area contributed by atoms with Crippen molar-refractivity contribution in [2.24, 2.45) is 0 Å². The van der Waals surface area contributed by atoms with Gasteiger partial charge in [0, 0.05) is 69.5 Å². The summed E-state index contributed by atoms with van der Waals surface area (Å²) in [6, 6.07) is 21.5. The topological polar surface area (TPSA) is 50.9 Å². The van der Waals surface area contributed by atoms with Crippen molar-refractivity contribution in [1.29, 1.82) is 0 Å². The van der Waals surface area contributed by atoms with E-state index >= 15 is 0 Å².